The SMILES string of the molecule is CCC1NC(=O)C(CC)N(Cc2ccnc(OC)c2)C1=O. The van der Waals surface area contributed by atoms with E-state index in [1.807, 2.05) is 19.9 Å². The van der Waals surface area contributed by atoms with Crippen LogP contribution in [-0.4, -0.2) is 40.9 Å². The van der Waals surface area contributed by atoms with Crippen LogP contribution in [0.1, 0.15) is 32.3 Å². The van der Waals surface area contributed by atoms with Crippen LogP contribution in [0.5, 0.6) is 5.88 Å². The van der Waals surface area contributed by atoms with Crippen molar-refractivity contribution in [2.24, 2.45) is 0 Å². The standard InChI is InChI=1S/C15H21N3O3/c1-4-11-15(20)18(12(5-2)14(19)17-11)9-10-6-7-16-13(8-10)21-3/h6-8,11-12H,4-5,9H2,1-3H3,(H,17,19). The number of methoxy groups -OCH3 is 1. The number of piperazine rings is 1. The van der Waals surface area contributed by atoms with Gasteiger partial charge in [-0.25, -0.2) is 4.98 Å². The predicted molar refractivity (Wildman–Crippen MR) is 77.6 cm³/mol. The summed E-state index contributed by atoms with van der Waals surface area (Å²) in [5, 5.41) is 2.79. The van der Waals surface area contributed by atoms with Gasteiger partial charge in [-0.3, -0.25) is 9.59 Å². The van der Waals surface area contributed by atoms with Gasteiger partial charge in [-0.2, -0.15) is 0 Å². The molecule has 21 heavy (non-hydrogen) atoms. The molecule has 1 aromatic heterocycles. The molecule has 0 spiro atoms. The molecule has 114 valence electrons. The quantitative estimate of drug-likeness (QED) is 0.882. The van der Waals surface area contributed by atoms with Gasteiger partial charge in [0.1, 0.15) is 12.1 Å². The van der Waals surface area contributed by atoms with Crippen LogP contribution < -0.4 is 10.1 Å². The molecule has 1 saturated heterocycles. The van der Waals surface area contributed by atoms with Gasteiger partial charge in [0.15, 0.2) is 0 Å². The molecule has 2 heterocycles. The summed E-state index contributed by atoms with van der Waals surface area (Å²) in [4.78, 5) is 30.3. The molecule has 2 rings (SSSR count). The van der Waals surface area contributed by atoms with E-state index in [1.165, 1.54) is 0 Å². The number of aromatic nitrogens is 1. The number of carbonyl (C=O) groups excluding carboxylic acids is 2. The first-order chi connectivity index (χ1) is 10.1. The van der Waals surface area contributed by atoms with E-state index < -0.39 is 12.1 Å². The lowest BCUT2D eigenvalue weighted by molar-refractivity contribution is -0.150. The van der Waals surface area contributed by atoms with Gasteiger partial charge in [-0.15, -0.1) is 0 Å². The van der Waals surface area contributed by atoms with Crippen molar-refractivity contribution in [1.29, 1.82) is 0 Å². The fourth-order valence-electron chi connectivity index (χ4n) is 2.55. The highest BCUT2D eigenvalue weighted by Gasteiger charge is 2.38. The lowest BCUT2D eigenvalue weighted by Crippen LogP contribution is -2.62. The number of nitrogens with one attached hydrogen (secondary N) is 1. The first-order valence-corrected chi connectivity index (χ1v) is 7.20. The highest BCUT2D eigenvalue weighted by Crippen LogP contribution is 2.19. The summed E-state index contributed by atoms with van der Waals surface area (Å²) in [6.07, 6.45) is 2.83. The van der Waals surface area contributed by atoms with Crippen LogP contribution in [0.4, 0.5) is 0 Å². The zero-order chi connectivity index (χ0) is 15.4. The third-order valence-electron chi connectivity index (χ3n) is 3.73. The molecule has 1 aromatic rings. The van der Waals surface area contributed by atoms with E-state index in [1.54, 1.807) is 24.3 Å². The van der Waals surface area contributed by atoms with Crippen LogP contribution >= 0.6 is 0 Å². The second kappa shape index (κ2) is 6.56. The molecule has 1 fully saturated rings. The van der Waals surface area contributed by atoms with Gasteiger partial charge >= 0.3 is 0 Å². The Morgan fingerprint density at radius 2 is 2.10 bits per heavy atom. The highest BCUT2D eigenvalue weighted by atomic mass is 16.5. The van der Waals surface area contributed by atoms with Gasteiger partial charge in [0.05, 0.1) is 7.11 Å². The highest BCUT2D eigenvalue weighted by molar-refractivity contribution is 5.96. The summed E-state index contributed by atoms with van der Waals surface area (Å²) in [5.74, 6) is 0.395. The molecule has 0 aliphatic carbocycles. The van der Waals surface area contributed by atoms with Gasteiger partial charge < -0.3 is 15.0 Å². The first kappa shape index (κ1) is 15.3. The zero-order valence-corrected chi connectivity index (χ0v) is 12.6. The van der Waals surface area contributed by atoms with Crippen LogP contribution in [0.15, 0.2) is 18.3 Å². The van der Waals surface area contributed by atoms with E-state index in [-0.39, 0.29) is 11.8 Å². The Labute approximate surface area is 124 Å². The van der Waals surface area contributed by atoms with Crippen LogP contribution in [0.3, 0.4) is 0 Å². The van der Waals surface area contributed by atoms with Gasteiger partial charge in [0.2, 0.25) is 17.7 Å². The second-order valence-corrected chi connectivity index (χ2v) is 5.07. The number of ether oxygens (including phenoxy) is 1. The van der Waals surface area contributed by atoms with Gasteiger partial charge in [-0.1, -0.05) is 13.8 Å². The van der Waals surface area contributed by atoms with Crippen LogP contribution in [0.2, 0.25) is 0 Å². The molecule has 6 nitrogen and oxygen atoms in total. The molecule has 0 aromatic carbocycles. The van der Waals surface area contributed by atoms with E-state index in [4.69, 9.17) is 4.74 Å². The largest absolute Gasteiger partial charge is 0.481 e. The van der Waals surface area contributed by atoms with Gasteiger partial charge in [0, 0.05) is 18.8 Å². The predicted octanol–water partition coefficient (Wildman–Crippen LogP) is 1.11. The summed E-state index contributed by atoms with van der Waals surface area (Å²) in [6.45, 7) is 4.19. The van der Waals surface area contributed by atoms with E-state index >= 15 is 0 Å². The molecule has 0 radical (unpaired) electrons. The van der Waals surface area contributed by atoms with Gasteiger partial charge in [0.25, 0.3) is 0 Å². The van der Waals surface area contributed by atoms with E-state index in [0.29, 0.717) is 25.3 Å². The van der Waals surface area contributed by atoms with Crippen molar-refractivity contribution in [3.63, 3.8) is 0 Å². The van der Waals surface area contributed by atoms with Crippen molar-refractivity contribution in [2.45, 2.75) is 45.3 Å². The van der Waals surface area contributed by atoms with Crippen molar-refractivity contribution in [3.8, 4) is 5.88 Å². The third-order valence-corrected chi connectivity index (χ3v) is 3.73. The van der Waals surface area contributed by atoms with Crippen molar-refractivity contribution in [3.05, 3.63) is 23.9 Å². The topological polar surface area (TPSA) is 71.5 Å². The third kappa shape index (κ3) is 3.15. The van der Waals surface area contributed by atoms with Crippen molar-refractivity contribution < 1.29 is 14.3 Å². The molecular weight excluding hydrogens is 270 g/mol. The Morgan fingerprint density at radius 3 is 2.71 bits per heavy atom. The van der Waals surface area contributed by atoms with Crippen LogP contribution in [-0.2, 0) is 16.1 Å². The van der Waals surface area contributed by atoms with E-state index in [2.05, 4.69) is 10.3 Å². The van der Waals surface area contributed by atoms with Gasteiger partial charge in [-0.05, 0) is 24.5 Å². The molecule has 2 unspecified atom stereocenters. The number of hydrogen-bond donors (Lipinski definition) is 1. The van der Waals surface area contributed by atoms with E-state index in [9.17, 15) is 9.59 Å². The fraction of sp³-hybridized carbons (Fsp3) is 0.533. The maximum absolute atomic E-state index is 12.5. The molecule has 1 aliphatic rings. The maximum Gasteiger partial charge on any atom is 0.246 e. The average molecular weight is 291 g/mol. The number of pyridine rings is 1. The monoisotopic (exact) mass is 291 g/mol. The van der Waals surface area contributed by atoms with Crippen LogP contribution in [0, 0.1) is 0 Å². The Morgan fingerprint density at radius 1 is 1.33 bits per heavy atom. The Hall–Kier alpha value is -2.11. The second-order valence-electron chi connectivity index (χ2n) is 5.07. The summed E-state index contributed by atoms with van der Waals surface area (Å²) < 4.78 is 5.09. The lowest BCUT2D eigenvalue weighted by Gasteiger charge is -2.38. The molecule has 2 amide bonds. The fourth-order valence-corrected chi connectivity index (χ4v) is 2.55. The number of rotatable bonds is 5. The smallest absolute Gasteiger partial charge is 0.246 e. The average Bonchev–Trinajstić information content (AvgIpc) is 2.51. The summed E-state index contributed by atoms with van der Waals surface area (Å²) in [7, 11) is 1.55. The number of hydrogen-bond acceptors (Lipinski definition) is 4. The number of nitrogens with zero attached hydrogens (tertiary/aromatic N) is 2. The Bertz CT molecular complexity index is 533. The molecule has 6 heteroatoms. The molecule has 0 saturated carbocycles. The molecule has 1 N–H and O–H groups in total. The minimum absolute atomic E-state index is 0.0280. The summed E-state index contributed by atoms with van der Waals surface area (Å²) >= 11 is 0. The normalized spacial score (nSPS) is 22.1. The summed E-state index contributed by atoms with van der Waals surface area (Å²) in [6, 6.07) is 2.77. The van der Waals surface area contributed by atoms with Crippen molar-refractivity contribution >= 4 is 11.8 Å². The number of amides is 2. The Kier molecular flexibility index (Phi) is 4.77. The van der Waals surface area contributed by atoms with Crippen LogP contribution in [0.25, 0.3) is 0 Å². The van der Waals surface area contributed by atoms with E-state index in [0.717, 1.165) is 5.56 Å². The van der Waals surface area contributed by atoms with Crippen molar-refractivity contribution in [2.75, 3.05) is 7.11 Å². The maximum atomic E-state index is 12.5. The minimum atomic E-state index is -0.427. The Balaban J connectivity index is 2.24. The molecule has 1 aliphatic heterocycles. The molecule has 0 bridgehead atoms. The zero-order valence-electron chi connectivity index (χ0n) is 12.6. The number of carbonyl (C=O) groups is 2. The molecular formula is C15H21N3O3. The van der Waals surface area contributed by atoms with Crippen molar-refractivity contribution in [1.82, 2.24) is 15.2 Å². The first-order valence-electron chi connectivity index (χ1n) is 7.20. The summed E-state index contributed by atoms with van der Waals surface area (Å²) in [5.41, 5.74) is 0.901. The minimum Gasteiger partial charge on any atom is -0.481 e. The molecule has 2 atom stereocenters. The lowest BCUT2D eigenvalue weighted by atomic mass is 10.0.